The molecule has 0 amide bonds. The van der Waals surface area contributed by atoms with Crippen molar-refractivity contribution < 1.29 is 19.1 Å². The van der Waals surface area contributed by atoms with Crippen molar-refractivity contribution in [3.05, 3.63) is 22.9 Å². The molecule has 1 saturated carbocycles. The van der Waals surface area contributed by atoms with Crippen LogP contribution in [-0.2, 0) is 19.1 Å². The van der Waals surface area contributed by atoms with Crippen LogP contribution in [-0.4, -0.2) is 33.2 Å². The molecule has 0 unspecified atom stereocenters. The van der Waals surface area contributed by atoms with E-state index >= 15 is 0 Å². The molecule has 2 aliphatic rings. The summed E-state index contributed by atoms with van der Waals surface area (Å²) in [5.41, 5.74) is 0.127. The number of allylic oxidation sites excluding steroid dienone is 4. The summed E-state index contributed by atoms with van der Waals surface area (Å²) in [7, 11) is -1.51. The topological polar surface area (TPSA) is 52.6 Å². The number of esters is 2. The molecule has 134 valence electrons. The Morgan fingerprint density at radius 3 is 2.25 bits per heavy atom. The minimum absolute atomic E-state index is 0.156. The van der Waals surface area contributed by atoms with E-state index in [0.29, 0.717) is 12.8 Å². The van der Waals surface area contributed by atoms with E-state index in [-0.39, 0.29) is 19.1 Å². The van der Waals surface area contributed by atoms with Crippen LogP contribution in [0.1, 0.15) is 39.5 Å². The molecule has 0 heterocycles. The van der Waals surface area contributed by atoms with Gasteiger partial charge >= 0.3 is 11.9 Å². The fourth-order valence-electron chi connectivity index (χ4n) is 3.98. The second-order valence-corrected chi connectivity index (χ2v) is 12.8. The first kappa shape index (κ1) is 19.0. The van der Waals surface area contributed by atoms with Gasteiger partial charge in [-0.3, -0.25) is 9.59 Å². The number of fused-ring (bicyclic) bond motifs is 1. The summed E-state index contributed by atoms with van der Waals surface area (Å²) in [6.07, 6.45) is 7.40. The molecule has 0 saturated heterocycles. The molecule has 0 spiro atoms. The van der Waals surface area contributed by atoms with E-state index in [0.717, 1.165) is 12.8 Å². The van der Waals surface area contributed by atoms with Crippen molar-refractivity contribution in [2.24, 2.45) is 11.3 Å². The predicted molar refractivity (Wildman–Crippen MR) is 97.2 cm³/mol. The minimum Gasteiger partial charge on any atom is -0.465 e. The van der Waals surface area contributed by atoms with E-state index in [1.807, 2.05) is 0 Å². The van der Waals surface area contributed by atoms with Gasteiger partial charge in [-0.1, -0.05) is 42.6 Å². The van der Waals surface area contributed by atoms with E-state index in [2.05, 4.69) is 31.8 Å². The van der Waals surface area contributed by atoms with E-state index in [1.165, 1.54) is 10.8 Å². The standard InChI is InChI=1S/C19H30O4Si/c1-6-22-17(20)19(18(21)23-7-2)12-14-10-8-9-11-16(15(14)13-19)24(3,4)5/h8,10,14H,6-7,9,11-13H2,1-5H3/t14-/m1/s1. The Kier molecular flexibility index (Phi) is 5.73. The molecular formula is C19H30O4Si. The second-order valence-electron chi connectivity index (χ2n) is 7.73. The molecular weight excluding hydrogens is 320 g/mol. The highest BCUT2D eigenvalue weighted by atomic mass is 28.3. The SMILES string of the molecule is CCOC(=O)C1(C(=O)OCC)CC2=C([Si](C)(C)C)CCC=C[C@@H]2C1. The molecule has 0 aliphatic heterocycles. The first-order valence-electron chi connectivity index (χ1n) is 8.99. The quantitative estimate of drug-likeness (QED) is 0.325. The third-order valence-corrected chi connectivity index (χ3v) is 7.44. The summed E-state index contributed by atoms with van der Waals surface area (Å²) in [5, 5.41) is 1.51. The zero-order chi connectivity index (χ0) is 18.0. The van der Waals surface area contributed by atoms with Crippen LogP contribution >= 0.6 is 0 Å². The third kappa shape index (κ3) is 3.51. The average Bonchev–Trinajstić information content (AvgIpc) is 2.76. The van der Waals surface area contributed by atoms with Crippen molar-refractivity contribution in [1.29, 1.82) is 0 Å². The Balaban J connectivity index is 2.50. The van der Waals surface area contributed by atoms with Gasteiger partial charge < -0.3 is 9.47 Å². The van der Waals surface area contributed by atoms with E-state index in [4.69, 9.17) is 9.47 Å². The number of ether oxygens (including phenoxy) is 2. The van der Waals surface area contributed by atoms with Crippen molar-refractivity contribution in [2.75, 3.05) is 13.2 Å². The van der Waals surface area contributed by atoms with Gasteiger partial charge in [0.2, 0.25) is 0 Å². The monoisotopic (exact) mass is 350 g/mol. The van der Waals surface area contributed by atoms with Crippen LogP contribution in [0.2, 0.25) is 19.6 Å². The fourth-order valence-corrected chi connectivity index (χ4v) is 6.11. The maximum absolute atomic E-state index is 12.7. The van der Waals surface area contributed by atoms with Crippen LogP contribution in [0.25, 0.3) is 0 Å². The van der Waals surface area contributed by atoms with Crippen LogP contribution in [0, 0.1) is 11.3 Å². The lowest BCUT2D eigenvalue weighted by Crippen LogP contribution is -2.40. The largest absolute Gasteiger partial charge is 0.465 e. The highest BCUT2D eigenvalue weighted by molar-refractivity contribution is 6.83. The molecule has 5 heteroatoms. The lowest BCUT2D eigenvalue weighted by atomic mass is 9.85. The smallest absolute Gasteiger partial charge is 0.323 e. The predicted octanol–water partition coefficient (Wildman–Crippen LogP) is 4.03. The van der Waals surface area contributed by atoms with E-state index in [9.17, 15) is 9.59 Å². The van der Waals surface area contributed by atoms with Crippen molar-refractivity contribution >= 4 is 20.0 Å². The van der Waals surface area contributed by atoms with Crippen LogP contribution in [0.15, 0.2) is 22.9 Å². The minimum atomic E-state index is -1.51. The summed E-state index contributed by atoms with van der Waals surface area (Å²) in [5.74, 6) is -0.692. The van der Waals surface area contributed by atoms with Crippen molar-refractivity contribution in [1.82, 2.24) is 0 Å². The number of carbonyl (C=O) groups is 2. The number of hydrogen-bond acceptors (Lipinski definition) is 4. The number of rotatable bonds is 5. The second kappa shape index (κ2) is 7.26. The van der Waals surface area contributed by atoms with Crippen molar-refractivity contribution in [3.8, 4) is 0 Å². The van der Waals surface area contributed by atoms with E-state index < -0.39 is 25.4 Å². The molecule has 1 fully saturated rings. The zero-order valence-corrected chi connectivity index (χ0v) is 16.6. The van der Waals surface area contributed by atoms with Crippen molar-refractivity contribution in [3.63, 3.8) is 0 Å². The fraction of sp³-hybridized carbons (Fsp3) is 0.684. The van der Waals surface area contributed by atoms with Gasteiger partial charge in [-0.05, 0) is 45.4 Å². The average molecular weight is 351 g/mol. The van der Waals surface area contributed by atoms with Gasteiger partial charge in [0.15, 0.2) is 5.41 Å². The molecule has 4 nitrogen and oxygen atoms in total. The maximum Gasteiger partial charge on any atom is 0.323 e. The number of hydrogen-bond donors (Lipinski definition) is 0. The van der Waals surface area contributed by atoms with Crippen LogP contribution in [0.3, 0.4) is 0 Å². The highest BCUT2D eigenvalue weighted by Gasteiger charge is 2.56. The lowest BCUT2D eigenvalue weighted by Gasteiger charge is -2.26. The maximum atomic E-state index is 12.7. The summed E-state index contributed by atoms with van der Waals surface area (Å²) in [6.45, 7) is 11.1. The molecule has 2 rings (SSSR count). The Labute approximate surface area is 146 Å². The summed E-state index contributed by atoms with van der Waals surface area (Å²) < 4.78 is 10.6. The third-order valence-electron chi connectivity index (χ3n) is 5.06. The van der Waals surface area contributed by atoms with Gasteiger partial charge in [0.05, 0.1) is 21.3 Å². The molecule has 0 bridgehead atoms. The molecule has 0 N–H and O–H groups in total. The van der Waals surface area contributed by atoms with Crippen molar-refractivity contribution in [2.45, 2.75) is 59.2 Å². The highest BCUT2D eigenvalue weighted by Crippen LogP contribution is 2.51. The lowest BCUT2D eigenvalue weighted by molar-refractivity contribution is -0.171. The first-order chi connectivity index (χ1) is 11.3. The molecule has 0 aromatic rings. The van der Waals surface area contributed by atoms with E-state index in [1.54, 1.807) is 13.8 Å². The molecule has 24 heavy (non-hydrogen) atoms. The molecule has 0 aromatic heterocycles. The van der Waals surface area contributed by atoms with Gasteiger partial charge in [0, 0.05) is 0 Å². The van der Waals surface area contributed by atoms with Gasteiger partial charge in [-0.25, -0.2) is 0 Å². The van der Waals surface area contributed by atoms with Crippen LogP contribution < -0.4 is 0 Å². The Hall–Kier alpha value is -1.36. The van der Waals surface area contributed by atoms with Gasteiger partial charge in [-0.15, -0.1) is 0 Å². The molecule has 1 atom stereocenters. The Morgan fingerprint density at radius 2 is 1.75 bits per heavy atom. The van der Waals surface area contributed by atoms with Crippen LogP contribution in [0.4, 0.5) is 0 Å². The Morgan fingerprint density at radius 1 is 1.17 bits per heavy atom. The summed E-state index contributed by atoms with van der Waals surface area (Å²) >= 11 is 0. The van der Waals surface area contributed by atoms with Gasteiger partial charge in [0.1, 0.15) is 0 Å². The summed E-state index contributed by atoms with van der Waals surface area (Å²) in [6, 6.07) is 0. The molecule has 0 aromatic carbocycles. The number of carbonyl (C=O) groups excluding carboxylic acids is 2. The van der Waals surface area contributed by atoms with Gasteiger partial charge in [0.25, 0.3) is 0 Å². The zero-order valence-electron chi connectivity index (χ0n) is 15.6. The molecule has 0 radical (unpaired) electrons. The molecule has 2 aliphatic carbocycles. The summed E-state index contributed by atoms with van der Waals surface area (Å²) in [4.78, 5) is 25.4. The van der Waals surface area contributed by atoms with Gasteiger partial charge in [-0.2, -0.15) is 0 Å². The normalized spacial score (nSPS) is 22.8. The van der Waals surface area contributed by atoms with Crippen LogP contribution in [0.5, 0.6) is 0 Å². The first-order valence-corrected chi connectivity index (χ1v) is 12.5. The Bertz CT molecular complexity index is 550.